The predicted molar refractivity (Wildman–Crippen MR) is 118 cm³/mol. The summed E-state index contributed by atoms with van der Waals surface area (Å²) in [7, 11) is -2.88. The lowest BCUT2D eigenvalue weighted by atomic mass is 9.89. The number of halogens is 3. The number of aromatic nitrogens is 3. The van der Waals surface area contributed by atoms with Crippen LogP contribution in [-0.2, 0) is 21.7 Å². The fourth-order valence-electron chi connectivity index (χ4n) is 4.28. The number of fused-ring (bicyclic) bond motifs is 1. The smallest absolute Gasteiger partial charge is 0.388 e. The molecule has 9 nitrogen and oxygen atoms in total. The zero-order valence-electron chi connectivity index (χ0n) is 18.7. The van der Waals surface area contributed by atoms with Crippen LogP contribution in [0.3, 0.4) is 0 Å². The lowest BCUT2D eigenvalue weighted by Crippen LogP contribution is -2.58. The number of aliphatic imine (C=N–C) groups is 1. The van der Waals surface area contributed by atoms with Crippen molar-refractivity contribution in [3.8, 4) is 5.88 Å². The molecule has 4 rings (SSSR count). The SMILES string of the molecule is CC1(C)C(N)=N[C@](C)(c2nc(CC(=O)c3cnc(OC(F)F)cn3)ccc2F)[C@@H]2CCN=[S@@]21=O. The number of alkyl halides is 2. The number of rotatable bonds is 6. The van der Waals surface area contributed by atoms with Crippen molar-refractivity contribution in [2.45, 2.75) is 55.8 Å². The van der Waals surface area contributed by atoms with E-state index in [0.717, 1.165) is 12.4 Å². The van der Waals surface area contributed by atoms with Crippen molar-refractivity contribution in [3.05, 3.63) is 47.4 Å². The van der Waals surface area contributed by atoms with Crippen LogP contribution in [0, 0.1) is 5.82 Å². The quantitative estimate of drug-likeness (QED) is 0.608. The summed E-state index contributed by atoms with van der Waals surface area (Å²) < 4.78 is 60.9. The number of hydrogen-bond acceptors (Lipinski definition) is 9. The summed E-state index contributed by atoms with van der Waals surface area (Å²) in [5.74, 6) is -1.51. The molecule has 0 radical (unpaired) electrons. The highest BCUT2D eigenvalue weighted by Crippen LogP contribution is 2.47. The van der Waals surface area contributed by atoms with Crippen LogP contribution >= 0.6 is 0 Å². The molecule has 2 aromatic rings. The van der Waals surface area contributed by atoms with Gasteiger partial charge in [0.05, 0.1) is 33.8 Å². The van der Waals surface area contributed by atoms with Gasteiger partial charge in [0.1, 0.15) is 33.3 Å². The summed E-state index contributed by atoms with van der Waals surface area (Å²) in [6.07, 6.45) is 2.09. The van der Waals surface area contributed by atoms with E-state index in [-0.39, 0.29) is 29.3 Å². The van der Waals surface area contributed by atoms with E-state index in [0.29, 0.717) is 13.0 Å². The largest absolute Gasteiger partial charge is 0.415 e. The Labute approximate surface area is 194 Å². The van der Waals surface area contributed by atoms with Gasteiger partial charge in [0.15, 0.2) is 5.78 Å². The maximum Gasteiger partial charge on any atom is 0.388 e. The number of ketones is 1. The van der Waals surface area contributed by atoms with Crippen molar-refractivity contribution in [3.63, 3.8) is 0 Å². The van der Waals surface area contributed by atoms with Crippen LogP contribution in [0.15, 0.2) is 33.9 Å². The van der Waals surface area contributed by atoms with Crippen LogP contribution in [0.25, 0.3) is 0 Å². The highest BCUT2D eigenvalue weighted by atomic mass is 32.2. The molecule has 0 amide bonds. The molecule has 0 aliphatic carbocycles. The summed E-state index contributed by atoms with van der Waals surface area (Å²) in [4.78, 5) is 29.0. The van der Waals surface area contributed by atoms with E-state index in [1.54, 1.807) is 20.8 Å². The molecule has 13 heteroatoms. The van der Waals surface area contributed by atoms with Gasteiger partial charge in [0.25, 0.3) is 0 Å². The van der Waals surface area contributed by atoms with E-state index in [9.17, 15) is 17.8 Å². The van der Waals surface area contributed by atoms with Gasteiger partial charge in [-0.3, -0.25) is 14.8 Å². The highest BCUT2D eigenvalue weighted by molar-refractivity contribution is 7.96. The van der Waals surface area contributed by atoms with Gasteiger partial charge in [-0.1, -0.05) is 0 Å². The van der Waals surface area contributed by atoms with Gasteiger partial charge < -0.3 is 10.5 Å². The summed E-state index contributed by atoms with van der Waals surface area (Å²) in [5, 5.41) is -0.608. The Morgan fingerprint density at radius 2 is 2.00 bits per heavy atom. The van der Waals surface area contributed by atoms with E-state index in [1.165, 1.54) is 12.1 Å². The topological polar surface area (TPSA) is 133 Å². The highest BCUT2D eigenvalue weighted by Gasteiger charge is 2.57. The van der Waals surface area contributed by atoms with Crippen molar-refractivity contribution in [1.29, 1.82) is 0 Å². The Balaban J connectivity index is 1.67. The third kappa shape index (κ3) is 3.81. The third-order valence-electron chi connectivity index (χ3n) is 6.24. The number of hydrogen-bond donors (Lipinski definition) is 1. The molecule has 0 saturated carbocycles. The molecule has 0 aromatic carbocycles. The second kappa shape index (κ2) is 8.29. The average molecular weight is 497 g/mol. The molecule has 0 spiro atoms. The Kier molecular flexibility index (Phi) is 5.86. The summed E-state index contributed by atoms with van der Waals surface area (Å²) in [6.45, 7) is 2.34. The van der Waals surface area contributed by atoms with Crippen molar-refractivity contribution < 1.29 is 26.9 Å². The van der Waals surface area contributed by atoms with Crippen LogP contribution < -0.4 is 10.5 Å². The molecule has 2 aliphatic heterocycles. The molecule has 0 saturated heterocycles. The van der Waals surface area contributed by atoms with Gasteiger partial charge in [-0.25, -0.2) is 22.9 Å². The molecule has 2 N–H and O–H groups in total. The fraction of sp³-hybridized carbons (Fsp3) is 0.476. The van der Waals surface area contributed by atoms with Crippen molar-refractivity contribution >= 4 is 21.3 Å². The standard InChI is InChI=1S/C21H23F3N6O3S/c1-20(2)18(25)30-21(3,15-6-7-28-34(15,20)32)17-12(22)5-4-11(29-17)8-14(31)13-9-27-16(10-26-13)33-19(23)24/h4-5,9-10,15,19H,6-8H2,1-3H3,(H2,25,30)/t15-,21-,34+/m0/s1. The predicted octanol–water partition coefficient (Wildman–Crippen LogP) is 2.64. The monoisotopic (exact) mass is 496 g/mol. The molecule has 4 heterocycles. The first-order valence-electron chi connectivity index (χ1n) is 10.4. The van der Waals surface area contributed by atoms with E-state index in [1.807, 2.05) is 0 Å². The maximum absolute atomic E-state index is 15.0. The zero-order chi connectivity index (χ0) is 24.9. The molecule has 2 aliphatic rings. The molecule has 0 unspecified atom stereocenters. The first kappa shape index (κ1) is 24.0. The normalized spacial score (nSPS) is 27.6. The van der Waals surface area contributed by atoms with Crippen molar-refractivity contribution in [2.24, 2.45) is 15.1 Å². The van der Waals surface area contributed by atoms with Gasteiger partial charge >= 0.3 is 6.61 Å². The minimum absolute atomic E-state index is 0.0714. The average Bonchev–Trinajstić information content (AvgIpc) is 3.18. The maximum atomic E-state index is 15.0. The van der Waals surface area contributed by atoms with Crippen LogP contribution in [-0.4, -0.2) is 53.9 Å². The van der Waals surface area contributed by atoms with Crippen LogP contribution in [0.5, 0.6) is 5.88 Å². The first-order chi connectivity index (χ1) is 15.9. The van der Waals surface area contributed by atoms with Gasteiger partial charge in [-0.05, 0) is 39.3 Å². The summed E-state index contributed by atoms with van der Waals surface area (Å²) in [5.41, 5.74) is 4.90. The Bertz CT molecular complexity index is 1290. The summed E-state index contributed by atoms with van der Waals surface area (Å²) in [6, 6.07) is 2.51. The number of carbonyl (C=O) groups is 1. The number of amidine groups is 1. The second-order valence-electron chi connectivity index (χ2n) is 8.70. The van der Waals surface area contributed by atoms with E-state index < -0.39 is 49.4 Å². The number of carbonyl (C=O) groups excluding carboxylic acids is 1. The number of nitrogens with zero attached hydrogens (tertiary/aromatic N) is 5. The van der Waals surface area contributed by atoms with Crippen molar-refractivity contribution in [2.75, 3.05) is 6.54 Å². The first-order valence-corrected chi connectivity index (χ1v) is 12.0. The number of pyridine rings is 1. The van der Waals surface area contributed by atoms with Gasteiger partial charge in [-0.2, -0.15) is 8.78 Å². The lowest BCUT2D eigenvalue weighted by Gasteiger charge is -2.44. The van der Waals surface area contributed by atoms with Gasteiger partial charge in [0.2, 0.25) is 5.88 Å². The Morgan fingerprint density at radius 3 is 2.65 bits per heavy atom. The molecule has 34 heavy (non-hydrogen) atoms. The van der Waals surface area contributed by atoms with E-state index in [2.05, 4.69) is 29.0 Å². The number of nitrogens with two attached hydrogens (primary N) is 1. The molecular formula is C21H23F3N6O3S. The van der Waals surface area contributed by atoms with Crippen LogP contribution in [0.4, 0.5) is 13.2 Å². The molecule has 3 atom stereocenters. The Morgan fingerprint density at radius 1 is 1.26 bits per heavy atom. The lowest BCUT2D eigenvalue weighted by molar-refractivity contribution is -0.0531. The third-order valence-corrected chi connectivity index (χ3v) is 9.94. The minimum atomic E-state index is -3.07. The minimum Gasteiger partial charge on any atom is -0.415 e. The van der Waals surface area contributed by atoms with E-state index >= 15 is 4.39 Å². The van der Waals surface area contributed by atoms with E-state index in [4.69, 9.17) is 5.73 Å². The van der Waals surface area contributed by atoms with Gasteiger partial charge in [-0.15, -0.1) is 0 Å². The molecule has 0 fully saturated rings. The van der Waals surface area contributed by atoms with Crippen molar-refractivity contribution in [1.82, 2.24) is 15.0 Å². The summed E-state index contributed by atoms with van der Waals surface area (Å²) >= 11 is 0. The van der Waals surface area contributed by atoms with Gasteiger partial charge in [0, 0.05) is 12.2 Å². The molecule has 0 bridgehead atoms. The number of Topliss-reactive ketones (excluding diaryl/α,β-unsaturated/α-hetero) is 1. The van der Waals surface area contributed by atoms with Crippen LogP contribution in [0.1, 0.15) is 49.1 Å². The molecular weight excluding hydrogens is 473 g/mol. The number of ether oxygens (including phenoxy) is 1. The molecule has 2 aromatic heterocycles. The fourth-order valence-corrected chi connectivity index (χ4v) is 7.43. The second-order valence-corrected chi connectivity index (χ2v) is 11.7. The zero-order valence-corrected chi connectivity index (χ0v) is 19.5. The van der Waals surface area contributed by atoms with Crippen LogP contribution in [0.2, 0.25) is 0 Å². The molecule has 182 valence electrons. The Hall–Kier alpha value is -3.09.